The summed E-state index contributed by atoms with van der Waals surface area (Å²) in [6.45, 7) is 0. The van der Waals surface area contributed by atoms with Gasteiger partial charge in [0.2, 0.25) is 5.95 Å². The smallest absolute Gasteiger partial charge is 0.229 e. The zero-order valence-electron chi connectivity index (χ0n) is 12.5. The van der Waals surface area contributed by atoms with Crippen LogP contribution in [0, 0.1) is 0 Å². The number of anilines is 4. The molecule has 2 N–H and O–H groups in total. The highest BCUT2D eigenvalue weighted by atomic mass is 79.9. The van der Waals surface area contributed by atoms with E-state index in [9.17, 15) is 0 Å². The molecule has 0 saturated heterocycles. The van der Waals surface area contributed by atoms with E-state index in [4.69, 9.17) is 4.74 Å². The van der Waals surface area contributed by atoms with Crippen molar-refractivity contribution in [3.8, 4) is 5.75 Å². The molecule has 116 valence electrons. The van der Waals surface area contributed by atoms with Crippen LogP contribution in [0.4, 0.5) is 23.1 Å². The fourth-order valence-electron chi connectivity index (χ4n) is 1.99. The van der Waals surface area contributed by atoms with Crippen LogP contribution < -0.4 is 15.4 Å². The highest BCUT2D eigenvalue weighted by molar-refractivity contribution is 9.10. The van der Waals surface area contributed by atoms with Crippen LogP contribution in [0.5, 0.6) is 5.75 Å². The Morgan fingerprint density at radius 3 is 2.48 bits per heavy atom. The number of halogens is 1. The number of methoxy groups -OCH3 is 1. The minimum atomic E-state index is 0.524. The molecule has 0 spiro atoms. The third-order valence-corrected chi connectivity index (χ3v) is 3.83. The van der Waals surface area contributed by atoms with Crippen molar-refractivity contribution < 1.29 is 4.74 Å². The average molecular weight is 371 g/mol. The Morgan fingerprint density at radius 2 is 1.74 bits per heavy atom. The van der Waals surface area contributed by atoms with E-state index >= 15 is 0 Å². The maximum atomic E-state index is 5.15. The number of benzene rings is 2. The van der Waals surface area contributed by atoms with Crippen LogP contribution in [0.15, 0.2) is 65.3 Å². The Hall–Kier alpha value is -2.60. The Morgan fingerprint density at radius 1 is 0.957 bits per heavy atom. The normalized spacial score (nSPS) is 10.2. The van der Waals surface area contributed by atoms with Gasteiger partial charge in [0, 0.05) is 16.4 Å². The fraction of sp³-hybridized carbons (Fsp3) is 0.0588. The molecule has 5 nitrogen and oxygen atoms in total. The molecule has 1 aromatic heterocycles. The van der Waals surface area contributed by atoms with Gasteiger partial charge in [0.15, 0.2) is 0 Å². The highest BCUT2D eigenvalue weighted by Crippen LogP contribution is 2.24. The van der Waals surface area contributed by atoms with Crippen LogP contribution in [-0.2, 0) is 0 Å². The predicted octanol–water partition coefficient (Wildman–Crippen LogP) is 4.73. The SMILES string of the molecule is COc1ccc(Nc2ccnc(Nc3ccccc3Br)n2)cc1. The van der Waals surface area contributed by atoms with Crippen LogP contribution >= 0.6 is 15.9 Å². The molecule has 0 radical (unpaired) electrons. The molecular formula is C17H15BrN4O. The topological polar surface area (TPSA) is 59.1 Å². The van der Waals surface area contributed by atoms with Crippen molar-refractivity contribution in [1.29, 1.82) is 0 Å². The number of nitrogens with zero attached hydrogens (tertiary/aromatic N) is 2. The number of para-hydroxylation sites is 1. The van der Waals surface area contributed by atoms with Gasteiger partial charge in [-0.15, -0.1) is 0 Å². The van der Waals surface area contributed by atoms with Crippen LogP contribution in [-0.4, -0.2) is 17.1 Å². The minimum absolute atomic E-state index is 0.524. The molecule has 3 rings (SSSR count). The maximum Gasteiger partial charge on any atom is 0.229 e. The van der Waals surface area contributed by atoms with Gasteiger partial charge in [0.1, 0.15) is 11.6 Å². The fourth-order valence-corrected chi connectivity index (χ4v) is 2.38. The lowest BCUT2D eigenvalue weighted by atomic mass is 10.3. The van der Waals surface area contributed by atoms with Crippen LogP contribution in [0.25, 0.3) is 0 Å². The molecule has 2 aromatic carbocycles. The summed E-state index contributed by atoms with van der Waals surface area (Å²) >= 11 is 3.49. The van der Waals surface area contributed by atoms with E-state index in [-0.39, 0.29) is 0 Å². The summed E-state index contributed by atoms with van der Waals surface area (Å²) in [7, 11) is 1.65. The van der Waals surface area contributed by atoms with Gasteiger partial charge >= 0.3 is 0 Å². The van der Waals surface area contributed by atoms with Crippen molar-refractivity contribution in [3.05, 3.63) is 65.3 Å². The average Bonchev–Trinajstić information content (AvgIpc) is 2.58. The van der Waals surface area contributed by atoms with Crippen LogP contribution in [0.3, 0.4) is 0 Å². The molecule has 6 heteroatoms. The number of ether oxygens (including phenoxy) is 1. The molecule has 23 heavy (non-hydrogen) atoms. The van der Waals surface area contributed by atoms with Crippen LogP contribution in [0.1, 0.15) is 0 Å². The standard InChI is InChI=1S/C17H15BrN4O/c1-23-13-8-6-12(7-9-13)20-16-10-11-19-17(22-16)21-15-5-3-2-4-14(15)18/h2-11H,1H3,(H2,19,20,21,22). The molecule has 0 amide bonds. The number of aromatic nitrogens is 2. The van der Waals surface area contributed by atoms with E-state index in [2.05, 4.69) is 36.5 Å². The summed E-state index contributed by atoms with van der Waals surface area (Å²) in [6, 6.07) is 17.3. The van der Waals surface area contributed by atoms with Crippen LogP contribution in [0.2, 0.25) is 0 Å². The molecule has 0 aliphatic carbocycles. The van der Waals surface area contributed by atoms with Crippen molar-refractivity contribution in [2.45, 2.75) is 0 Å². The number of rotatable bonds is 5. The van der Waals surface area contributed by atoms with Crippen molar-refractivity contribution in [2.75, 3.05) is 17.7 Å². The maximum absolute atomic E-state index is 5.15. The molecular weight excluding hydrogens is 356 g/mol. The molecule has 0 unspecified atom stereocenters. The van der Waals surface area contributed by atoms with Crippen molar-refractivity contribution in [3.63, 3.8) is 0 Å². The summed E-state index contributed by atoms with van der Waals surface area (Å²) in [6.07, 6.45) is 1.71. The summed E-state index contributed by atoms with van der Waals surface area (Å²) in [5.74, 6) is 2.05. The van der Waals surface area contributed by atoms with Gasteiger partial charge < -0.3 is 15.4 Å². The van der Waals surface area contributed by atoms with Gasteiger partial charge in [-0.3, -0.25) is 0 Å². The largest absolute Gasteiger partial charge is 0.497 e. The van der Waals surface area contributed by atoms with E-state index < -0.39 is 0 Å². The van der Waals surface area contributed by atoms with Crippen molar-refractivity contribution >= 4 is 39.1 Å². The Bertz CT molecular complexity index is 793. The van der Waals surface area contributed by atoms with E-state index in [1.54, 1.807) is 13.3 Å². The molecule has 0 saturated carbocycles. The first-order valence-corrected chi connectivity index (χ1v) is 7.79. The first kappa shape index (κ1) is 15.3. The summed E-state index contributed by atoms with van der Waals surface area (Å²) in [4.78, 5) is 8.70. The number of hydrogen-bond acceptors (Lipinski definition) is 5. The van der Waals surface area contributed by atoms with Crippen molar-refractivity contribution in [1.82, 2.24) is 9.97 Å². The molecule has 0 bridgehead atoms. The third-order valence-electron chi connectivity index (χ3n) is 3.14. The van der Waals surface area contributed by atoms with Gasteiger partial charge in [-0.1, -0.05) is 12.1 Å². The second kappa shape index (κ2) is 7.11. The molecule has 0 atom stereocenters. The summed E-state index contributed by atoms with van der Waals surface area (Å²) < 4.78 is 6.10. The van der Waals surface area contributed by atoms with E-state index in [1.807, 2.05) is 54.6 Å². The third kappa shape index (κ3) is 3.98. The van der Waals surface area contributed by atoms with E-state index in [0.717, 1.165) is 21.6 Å². The van der Waals surface area contributed by atoms with E-state index in [0.29, 0.717) is 11.8 Å². The predicted molar refractivity (Wildman–Crippen MR) is 95.7 cm³/mol. The zero-order valence-corrected chi connectivity index (χ0v) is 14.0. The minimum Gasteiger partial charge on any atom is -0.497 e. The Labute approximate surface area is 142 Å². The zero-order chi connectivity index (χ0) is 16.1. The van der Waals surface area contributed by atoms with Gasteiger partial charge in [-0.25, -0.2) is 4.98 Å². The lowest BCUT2D eigenvalue weighted by molar-refractivity contribution is 0.415. The lowest BCUT2D eigenvalue weighted by Crippen LogP contribution is -2.00. The van der Waals surface area contributed by atoms with Crippen molar-refractivity contribution in [2.24, 2.45) is 0 Å². The first-order valence-electron chi connectivity index (χ1n) is 7.00. The van der Waals surface area contributed by atoms with Gasteiger partial charge in [-0.2, -0.15) is 4.98 Å². The van der Waals surface area contributed by atoms with Gasteiger partial charge in [0.25, 0.3) is 0 Å². The molecule has 1 heterocycles. The van der Waals surface area contributed by atoms with Gasteiger partial charge in [-0.05, 0) is 58.4 Å². The quantitative estimate of drug-likeness (QED) is 0.679. The lowest BCUT2D eigenvalue weighted by Gasteiger charge is -2.09. The number of nitrogens with one attached hydrogen (secondary N) is 2. The summed E-state index contributed by atoms with van der Waals surface area (Å²) in [5, 5.41) is 6.43. The van der Waals surface area contributed by atoms with Gasteiger partial charge in [0.05, 0.1) is 12.8 Å². The van der Waals surface area contributed by atoms with E-state index in [1.165, 1.54) is 0 Å². The highest BCUT2D eigenvalue weighted by Gasteiger charge is 2.03. The Kier molecular flexibility index (Phi) is 4.73. The number of hydrogen-bond donors (Lipinski definition) is 2. The second-order valence-electron chi connectivity index (χ2n) is 4.72. The molecule has 0 aliphatic rings. The summed E-state index contributed by atoms with van der Waals surface area (Å²) in [5.41, 5.74) is 1.84. The Balaban J connectivity index is 1.75. The molecule has 0 aliphatic heterocycles. The second-order valence-corrected chi connectivity index (χ2v) is 5.58. The molecule has 0 fully saturated rings. The first-order chi connectivity index (χ1) is 11.2. The molecule has 3 aromatic rings. The monoisotopic (exact) mass is 370 g/mol.